The van der Waals surface area contributed by atoms with Gasteiger partial charge in [-0.15, -0.1) is 0 Å². The van der Waals surface area contributed by atoms with Gasteiger partial charge in [0, 0.05) is 0 Å². The van der Waals surface area contributed by atoms with E-state index in [0.717, 1.165) is 0 Å². The maximum absolute atomic E-state index is 12.0. The van der Waals surface area contributed by atoms with Crippen molar-refractivity contribution in [2.45, 2.75) is 17.8 Å². The predicted octanol–water partition coefficient (Wildman–Crippen LogP) is 3.93. The summed E-state index contributed by atoms with van der Waals surface area (Å²) >= 11 is 0. The molecule has 0 aliphatic carbocycles. The van der Waals surface area contributed by atoms with Crippen molar-refractivity contribution in [3.05, 3.63) is 0 Å². The van der Waals surface area contributed by atoms with Crippen molar-refractivity contribution >= 4 is 7.88 Å². The van der Waals surface area contributed by atoms with Crippen LogP contribution in [0.25, 0.3) is 0 Å². The SMILES string of the molecule is C[PH](F)(F)C(F)(F)C(F)(F)C(F)(F)F. The Labute approximate surface area is 72.7 Å². The van der Waals surface area contributed by atoms with Gasteiger partial charge in [0.05, 0.1) is 0 Å². The van der Waals surface area contributed by atoms with Crippen molar-refractivity contribution in [2.24, 2.45) is 0 Å². The molecule has 0 N–H and O–H groups in total. The fraction of sp³-hybridized carbons (Fsp3) is 1.00. The summed E-state index contributed by atoms with van der Waals surface area (Å²) < 4.78 is 106. The normalized spacial score (nSPS) is 17.0. The number of rotatable bonds is 2. The molecule has 0 unspecified atom stereocenters. The maximum atomic E-state index is 12.0. The van der Waals surface area contributed by atoms with Gasteiger partial charge in [0.25, 0.3) is 0 Å². The number of halogens is 9. The Bertz CT molecular complexity index is 186. The van der Waals surface area contributed by atoms with E-state index in [-0.39, 0.29) is 0 Å². The van der Waals surface area contributed by atoms with Gasteiger partial charge < -0.3 is 0 Å². The summed E-state index contributed by atoms with van der Waals surface area (Å²) in [5, 5.41) is 0. The summed E-state index contributed by atoms with van der Waals surface area (Å²) in [4.78, 5) is 0. The van der Waals surface area contributed by atoms with E-state index in [0.29, 0.717) is 0 Å². The van der Waals surface area contributed by atoms with E-state index in [1.807, 2.05) is 0 Å². The Morgan fingerprint density at radius 1 is 0.786 bits per heavy atom. The van der Waals surface area contributed by atoms with Gasteiger partial charge in [-0.25, -0.2) is 0 Å². The van der Waals surface area contributed by atoms with Gasteiger partial charge in [-0.2, -0.15) is 0 Å². The quantitative estimate of drug-likeness (QED) is 0.517. The Balaban J connectivity index is 5.30. The van der Waals surface area contributed by atoms with Gasteiger partial charge in [-0.1, -0.05) is 0 Å². The third-order valence-electron chi connectivity index (χ3n) is 1.30. The van der Waals surface area contributed by atoms with Gasteiger partial charge in [0.1, 0.15) is 0 Å². The molecule has 0 rings (SSSR count). The van der Waals surface area contributed by atoms with Crippen LogP contribution < -0.4 is 0 Å². The third kappa shape index (κ3) is 1.92. The summed E-state index contributed by atoms with van der Waals surface area (Å²) in [7, 11) is -6.93. The van der Waals surface area contributed by atoms with E-state index < -0.39 is 32.3 Å². The second-order valence-corrected chi connectivity index (χ2v) is 4.94. The van der Waals surface area contributed by atoms with E-state index in [4.69, 9.17) is 0 Å². The first-order chi connectivity index (χ1) is 5.75. The molecule has 0 heterocycles. The van der Waals surface area contributed by atoms with Crippen LogP contribution in [-0.4, -0.2) is 24.4 Å². The molecule has 0 radical (unpaired) electrons. The Morgan fingerprint density at radius 2 is 1.07 bits per heavy atom. The van der Waals surface area contributed by atoms with Crippen molar-refractivity contribution in [2.75, 3.05) is 6.66 Å². The van der Waals surface area contributed by atoms with Gasteiger partial charge in [-0.3, -0.25) is 0 Å². The fourth-order valence-electron chi connectivity index (χ4n) is 0.454. The van der Waals surface area contributed by atoms with E-state index >= 15 is 0 Å². The second-order valence-electron chi connectivity index (χ2n) is 2.53. The van der Waals surface area contributed by atoms with Gasteiger partial charge in [0.2, 0.25) is 0 Å². The minimum atomic E-state index is -6.93. The van der Waals surface area contributed by atoms with Crippen LogP contribution in [0.4, 0.5) is 39.1 Å². The molecule has 0 spiro atoms. The van der Waals surface area contributed by atoms with E-state index in [2.05, 4.69) is 0 Å². The van der Waals surface area contributed by atoms with Crippen LogP contribution >= 0.6 is 7.88 Å². The van der Waals surface area contributed by atoms with Crippen molar-refractivity contribution in [3.63, 3.8) is 0 Å². The molecule has 10 heteroatoms. The summed E-state index contributed by atoms with van der Waals surface area (Å²) in [6.07, 6.45) is -6.69. The van der Waals surface area contributed by atoms with Gasteiger partial charge in [-0.05, 0) is 0 Å². The summed E-state index contributed by atoms with van der Waals surface area (Å²) in [5.41, 5.74) is -6.34. The molecule has 14 heavy (non-hydrogen) atoms. The fourth-order valence-corrected chi connectivity index (χ4v) is 1.15. The molecular weight excluding hydrogens is 250 g/mol. The molecule has 0 saturated carbocycles. The molecule has 0 amide bonds. The predicted molar refractivity (Wildman–Crippen MR) is 32.4 cm³/mol. The molecule has 0 aromatic heterocycles. The molecule has 0 bridgehead atoms. The Morgan fingerprint density at radius 3 is 1.14 bits per heavy atom. The van der Waals surface area contributed by atoms with E-state index in [9.17, 15) is 39.1 Å². The zero-order valence-corrected chi connectivity index (χ0v) is 7.40. The Kier molecular flexibility index (Phi) is 3.10. The molecule has 0 atom stereocenters. The molecule has 0 saturated heterocycles. The first-order valence-electron chi connectivity index (χ1n) is 2.95. The van der Waals surface area contributed by atoms with Gasteiger partial charge in [0.15, 0.2) is 0 Å². The molecule has 0 aromatic carbocycles. The summed E-state index contributed by atoms with van der Waals surface area (Å²) in [6.45, 7) is -0.577. The monoisotopic (exact) mass is 254 g/mol. The molecule has 0 aromatic rings. The van der Waals surface area contributed by atoms with Crippen molar-refractivity contribution < 1.29 is 39.1 Å². The van der Waals surface area contributed by atoms with Crippen molar-refractivity contribution in [1.29, 1.82) is 0 Å². The third-order valence-corrected chi connectivity index (χ3v) is 2.72. The molecule has 0 aliphatic heterocycles. The average molecular weight is 254 g/mol. The summed E-state index contributed by atoms with van der Waals surface area (Å²) in [5.74, 6) is -6.70. The van der Waals surface area contributed by atoms with Crippen molar-refractivity contribution in [1.82, 2.24) is 0 Å². The molecular formula is C4H4F9P. The number of hydrogen-bond donors (Lipinski definition) is 0. The van der Waals surface area contributed by atoms with Crippen LogP contribution in [0.2, 0.25) is 0 Å². The van der Waals surface area contributed by atoms with Crippen LogP contribution in [0.15, 0.2) is 0 Å². The molecule has 88 valence electrons. The molecule has 0 fully saturated rings. The standard InChI is InChI=1S/C4H4F9P/c1-14(12,13)4(10,11)2(5,6)3(7,8)9/h14H,1H3. The second kappa shape index (κ2) is 3.15. The topological polar surface area (TPSA) is 0 Å². The number of alkyl halides is 7. The molecule has 0 aliphatic rings. The molecule has 0 nitrogen and oxygen atoms in total. The van der Waals surface area contributed by atoms with E-state index in [1.165, 1.54) is 0 Å². The van der Waals surface area contributed by atoms with E-state index in [1.54, 1.807) is 0 Å². The minimum absolute atomic E-state index is 0.577. The number of hydrogen-bond acceptors (Lipinski definition) is 0. The van der Waals surface area contributed by atoms with Crippen LogP contribution in [0.5, 0.6) is 0 Å². The zero-order chi connectivity index (χ0) is 12.0. The van der Waals surface area contributed by atoms with Crippen LogP contribution in [-0.2, 0) is 0 Å². The first-order valence-corrected chi connectivity index (χ1v) is 5.21. The van der Waals surface area contributed by atoms with Crippen molar-refractivity contribution in [3.8, 4) is 0 Å². The summed E-state index contributed by atoms with van der Waals surface area (Å²) in [6, 6.07) is 0. The van der Waals surface area contributed by atoms with Crippen LogP contribution in [0, 0.1) is 0 Å². The average Bonchev–Trinajstić information content (AvgIpc) is 1.81. The van der Waals surface area contributed by atoms with Gasteiger partial charge >= 0.3 is 71.4 Å². The van der Waals surface area contributed by atoms with Crippen LogP contribution in [0.1, 0.15) is 0 Å². The zero-order valence-electron chi connectivity index (χ0n) is 6.40. The van der Waals surface area contributed by atoms with Crippen LogP contribution in [0.3, 0.4) is 0 Å². The Hall–Kier alpha value is -0.200. The first kappa shape index (κ1) is 13.8.